The summed E-state index contributed by atoms with van der Waals surface area (Å²) >= 11 is 0. The molecule has 2 rings (SSSR count). The minimum Gasteiger partial charge on any atom is -0.409 e. The molecule has 0 radical (unpaired) electrons. The van der Waals surface area contributed by atoms with Crippen molar-refractivity contribution in [2.75, 3.05) is 13.2 Å². The van der Waals surface area contributed by atoms with Gasteiger partial charge in [0.25, 0.3) is 0 Å². The Morgan fingerprint density at radius 3 is 2.71 bits per heavy atom. The lowest BCUT2D eigenvalue weighted by Crippen LogP contribution is -2.17. The third kappa shape index (κ3) is 2.55. The van der Waals surface area contributed by atoms with E-state index >= 15 is 0 Å². The van der Waals surface area contributed by atoms with Crippen molar-refractivity contribution in [2.45, 2.75) is 18.8 Å². The smallest absolute Gasteiger partial charge is 0.170 e. The van der Waals surface area contributed by atoms with Gasteiger partial charge in [0.2, 0.25) is 0 Å². The van der Waals surface area contributed by atoms with Crippen molar-refractivity contribution in [2.24, 2.45) is 10.9 Å². The highest BCUT2D eigenvalue weighted by molar-refractivity contribution is 5.97. The Bertz CT molecular complexity index is 429. The van der Waals surface area contributed by atoms with Crippen molar-refractivity contribution in [1.82, 2.24) is 0 Å². The van der Waals surface area contributed by atoms with Crippen LogP contribution < -0.4 is 5.73 Å². The Morgan fingerprint density at radius 2 is 2.12 bits per heavy atom. The van der Waals surface area contributed by atoms with Gasteiger partial charge in [0.15, 0.2) is 5.84 Å². The molecule has 1 aromatic rings. The first-order valence-electron chi connectivity index (χ1n) is 5.57. The van der Waals surface area contributed by atoms with Gasteiger partial charge in [-0.05, 0) is 30.4 Å². The van der Waals surface area contributed by atoms with Crippen LogP contribution in [0.15, 0.2) is 23.4 Å². The van der Waals surface area contributed by atoms with Crippen molar-refractivity contribution in [3.63, 3.8) is 0 Å². The zero-order valence-corrected chi connectivity index (χ0v) is 9.40. The maximum absolute atomic E-state index is 13.9. The number of amidine groups is 1. The van der Waals surface area contributed by atoms with E-state index in [2.05, 4.69) is 5.16 Å². The van der Waals surface area contributed by atoms with Crippen LogP contribution in [0.2, 0.25) is 0 Å². The van der Waals surface area contributed by atoms with Crippen LogP contribution >= 0.6 is 0 Å². The van der Waals surface area contributed by atoms with E-state index in [9.17, 15) is 4.39 Å². The zero-order chi connectivity index (χ0) is 12.3. The molecule has 5 heteroatoms. The molecule has 0 bridgehead atoms. The Labute approximate surface area is 98.9 Å². The molecule has 0 aromatic heterocycles. The molecule has 1 fully saturated rings. The lowest BCUT2D eigenvalue weighted by Gasteiger charge is -2.22. The molecule has 92 valence electrons. The van der Waals surface area contributed by atoms with Crippen LogP contribution in [0.4, 0.5) is 4.39 Å². The molecule has 0 amide bonds. The highest BCUT2D eigenvalue weighted by atomic mass is 19.1. The monoisotopic (exact) mass is 238 g/mol. The van der Waals surface area contributed by atoms with Gasteiger partial charge >= 0.3 is 0 Å². The van der Waals surface area contributed by atoms with Crippen LogP contribution in [-0.4, -0.2) is 24.3 Å². The number of nitrogens with two attached hydrogens (primary N) is 1. The molecule has 1 aromatic carbocycles. The van der Waals surface area contributed by atoms with Crippen LogP contribution in [0.3, 0.4) is 0 Å². The van der Waals surface area contributed by atoms with Gasteiger partial charge in [0.1, 0.15) is 5.82 Å². The normalized spacial score (nSPS) is 18.3. The van der Waals surface area contributed by atoms with Gasteiger partial charge in [0.05, 0.1) is 0 Å². The summed E-state index contributed by atoms with van der Waals surface area (Å²) in [7, 11) is 0. The van der Waals surface area contributed by atoms with Crippen LogP contribution in [0.25, 0.3) is 0 Å². The molecule has 4 nitrogen and oxygen atoms in total. The fourth-order valence-corrected chi connectivity index (χ4v) is 2.08. The van der Waals surface area contributed by atoms with Gasteiger partial charge in [-0.2, -0.15) is 0 Å². The number of ether oxygens (including phenoxy) is 1. The Balaban J connectivity index is 2.24. The van der Waals surface area contributed by atoms with Gasteiger partial charge < -0.3 is 15.7 Å². The van der Waals surface area contributed by atoms with Gasteiger partial charge in [-0.3, -0.25) is 0 Å². The number of nitrogens with zero attached hydrogens (tertiary/aromatic N) is 1. The number of halogens is 1. The number of hydrogen-bond acceptors (Lipinski definition) is 3. The summed E-state index contributed by atoms with van der Waals surface area (Å²) in [5.74, 6) is -0.187. The maximum atomic E-state index is 13.9. The lowest BCUT2D eigenvalue weighted by molar-refractivity contribution is 0.0846. The predicted molar refractivity (Wildman–Crippen MR) is 61.7 cm³/mol. The maximum Gasteiger partial charge on any atom is 0.170 e. The zero-order valence-electron chi connectivity index (χ0n) is 9.40. The second-order valence-electron chi connectivity index (χ2n) is 4.11. The van der Waals surface area contributed by atoms with Crippen molar-refractivity contribution < 1.29 is 14.3 Å². The van der Waals surface area contributed by atoms with Crippen LogP contribution in [0.1, 0.15) is 29.9 Å². The quantitative estimate of drug-likeness (QED) is 0.357. The molecular weight excluding hydrogens is 223 g/mol. The van der Waals surface area contributed by atoms with E-state index in [0.29, 0.717) is 24.3 Å². The van der Waals surface area contributed by atoms with Crippen LogP contribution in [0, 0.1) is 5.82 Å². The Morgan fingerprint density at radius 1 is 1.41 bits per heavy atom. The van der Waals surface area contributed by atoms with Gasteiger partial charge in [-0.25, -0.2) is 4.39 Å². The summed E-state index contributed by atoms with van der Waals surface area (Å²) < 4.78 is 19.1. The Hall–Kier alpha value is -1.62. The number of benzene rings is 1. The minimum absolute atomic E-state index is 0.0811. The predicted octanol–water partition coefficient (Wildman–Crippen LogP) is 1.81. The standard InChI is InChI=1S/C12H15FN2O2/c13-11-7-9(12(14)15-16)1-2-10(11)8-3-5-17-6-4-8/h1-2,7-8,16H,3-6H2,(H2,14,15). The second kappa shape index (κ2) is 5.14. The topological polar surface area (TPSA) is 67.8 Å². The molecule has 0 atom stereocenters. The highest BCUT2D eigenvalue weighted by Crippen LogP contribution is 2.29. The molecule has 0 saturated carbocycles. The molecule has 0 unspecified atom stereocenters. The number of oxime groups is 1. The first kappa shape index (κ1) is 11.9. The van der Waals surface area contributed by atoms with Crippen molar-refractivity contribution in [3.05, 3.63) is 35.1 Å². The summed E-state index contributed by atoms with van der Waals surface area (Å²) in [4.78, 5) is 0. The van der Waals surface area contributed by atoms with Crippen molar-refractivity contribution in [1.29, 1.82) is 0 Å². The largest absolute Gasteiger partial charge is 0.409 e. The third-order valence-corrected chi connectivity index (χ3v) is 3.07. The summed E-state index contributed by atoms with van der Waals surface area (Å²) in [6, 6.07) is 4.68. The summed E-state index contributed by atoms with van der Waals surface area (Å²) in [6.45, 7) is 1.35. The van der Waals surface area contributed by atoms with E-state index < -0.39 is 0 Å². The van der Waals surface area contributed by atoms with Crippen LogP contribution in [-0.2, 0) is 4.74 Å². The van der Waals surface area contributed by atoms with Crippen molar-refractivity contribution >= 4 is 5.84 Å². The molecule has 1 aliphatic heterocycles. The molecule has 1 saturated heterocycles. The molecule has 17 heavy (non-hydrogen) atoms. The number of hydrogen-bond donors (Lipinski definition) is 2. The highest BCUT2D eigenvalue weighted by Gasteiger charge is 2.19. The molecule has 0 aliphatic carbocycles. The molecule has 1 heterocycles. The lowest BCUT2D eigenvalue weighted by atomic mass is 9.90. The molecule has 0 spiro atoms. The summed E-state index contributed by atoms with van der Waals surface area (Å²) in [6.07, 6.45) is 1.67. The van der Waals surface area contributed by atoms with E-state index in [1.807, 2.05) is 0 Å². The van der Waals surface area contributed by atoms with Gasteiger partial charge in [-0.1, -0.05) is 17.3 Å². The van der Waals surface area contributed by atoms with Crippen LogP contribution in [0.5, 0.6) is 0 Å². The minimum atomic E-state index is -0.305. The molecule has 1 aliphatic rings. The van der Waals surface area contributed by atoms with Gasteiger partial charge in [-0.15, -0.1) is 0 Å². The average Bonchev–Trinajstić information content (AvgIpc) is 2.38. The first-order chi connectivity index (χ1) is 8.22. The fraction of sp³-hybridized carbons (Fsp3) is 0.417. The van der Waals surface area contributed by atoms with E-state index in [1.165, 1.54) is 6.07 Å². The SMILES string of the molecule is NC(=NO)c1ccc(C2CCOCC2)c(F)c1. The van der Waals surface area contributed by atoms with E-state index in [-0.39, 0.29) is 17.6 Å². The molecule has 3 N–H and O–H groups in total. The van der Waals surface area contributed by atoms with Gasteiger partial charge in [0, 0.05) is 18.8 Å². The first-order valence-corrected chi connectivity index (χ1v) is 5.57. The van der Waals surface area contributed by atoms with Crippen molar-refractivity contribution in [3.8, 4) is 0 Å². The second-order valence-corrected chi connectivity index (χ2v) is 4.11. The third-order valence-electron chi connectivity index (χ3n) is 3.07. The number of rotatable bonds is 2. The Kier molecular flexibility index (Phi) is 3.58. The average molecular weight is 238 g/mol. The van der Waals surface area contributed by atoms with E-state index in [4.69, 9.17) is 15.7 Å². The van der Waals surface area contributed by atoms with E-state index in [0.717, 1.165) is 12.8 Å². The summed E-state index contributed by atoms with van der Waals surface area (Å²) in [5.41, 5.74) is 6.48. The van der Waals surface area contributed by atoms with E-state index in [1.54, 1.807) is 12.1 Å². The molecular formula is C12H15FN2O2. The fourth-order valence-electron chi connectivity index (χ4n) is 2.08. The summed E-state index contributed by atoms with van der Waals surface area (Å²) in [5, 5.41) is 11.4.